The highest BCUT2D eigenvalue weighted by molar-refractivity contribution is 5.68. The predicted molar refractivity (Wildman–Crippen MR) is 66.0 cm³/mol. The number of nitrogens with one attached hydrogen (secondary N) is 1. The second-order valence-corrected chi connectivity index (χ2v) is 3.84. The molecule has 108 valence electrons. The second kappa shape index (κ2) is 6.13. The number of hydrogen-bond donors (Lipinski definition) is 2. The maximum Gasteiger partial charge on any atom is 0.387 e. The van der Waals surface area contributed by atoms with E-state index in [2.05, 4.69) is 20.4 Å². The molecule has 2 aromatic rings. The molecular formula is C11H12F3N5O. The van der Waals surface area contributed by atoms with Crippen molar-refractivity contribution in [3.05, 3.63) is 30.3 Å². The van der Waals surface area contributed by atoms with Gasteiger partial charge < -0.3 is 15.8 Å². The number of aromatic nitrogens is 3. The highest BCUT2D eigenvalue weighted by Gasteiger charge is 2.13. The van der Waals surface area contributed by atoms with Crippen LogP contribution >= 0.6 is 0 Å². The van der Waals surface area contributed by atoms with Crippen molar-refractivity contribution in [3.63, 3.8) is 0 Å². The monoisotopic (exact) mass is 287 g/mol. The number of alkyl halides is 2. The van der Waals surface area contributed by atoms with Crippen LogP contribution in [0.1, 0.15) is 0 Å². The molecule has 0 atom stereocenters. The number of halogens is 3. The first-order valence-corrected chi connectivity index (χ1v) is 5.68. The first-order valence-electron chi connectivity index (χ1n) is 5.68. The summed E-state index contributed by atoms with van der Waals surface area (Å²) < 4.78 is 43.2. The maximum absolute atomic E-state index is 13.3. The van der Waals surface area contributed by atoms with E-state index in [9.17, 15) is 13.2 Å². The Labute approximate surface area is 112 Å². The summed E-state index contributed by atoms with van der Waals surface area (Å²) in [4.78, 5) is 0. The lowest BCUT2D eigenvalue weighted by atomic mass is 10.2. The predicted octanol–water partition coefficient (Wildman–Crippen LogP) is 1.71. The van der Waals surface area contributed by atoms with Crippen LogP contribution in [0.4, 0.5) is 24.5 Å². The summed E-state index contributed by atoms with van der Waals surface area (Å²) in [5.41, 5.74) is 6.01. The fourth-order valence-corrected chi connectivity index (χ4v) is 1.57. The van der Waals surface area contributed by atoms with E-state index >= 15 is 0 Å². The van der Waals surface area contributed by atoms with Gasteiger partial charge in [0.1, 0.15) is 0 Å². The number of nitrogen functional groups attached to an aromatic ring is 1. The fraction of sp³-hybridized carbons (Fsp3) is 0.273. The van der Waals surface area contributed by atoms with Gasteiger partial charge in [-0.05, 0) is 0 Å². The van der Waals surface area contributed by atoms with Gasteiger partial charge >= 0.3 is 6.61 Å². The number of nitrogens with two attached hydrogens (primary N) is 1. The maximum atomic E-state index is 13.3. The van der Waals surface area contributed by atoms with Crippen LogP contribution in [0.2, 0.25) is 0 Å². The third-order valence-corrected chi connectivity index (χ3v) is 2.45. The van der Waals surface area contributed by atoms with E-state index in [1.165, 1.54) is 6.20 Å². The minimum absolute atomic E-state index is 0.0997. The smallest absolute Gasteiger partial charge is 0.387 e. The Morgan fingerprint density at radius 2 is 2.20 bits per heavy atom. The van der Waals surface area contributed by atoms with Crippen molar-refractivity contribution in [2.45, 2.75) is 13.2 Å². The number of ether oxygens (including phenoxy) is 1. The van der Waals surface area contributed by atoms with Crippen LogP contribution in [0.5, 0.6) is 5.75 Å². The van der Waals surface area contributed by atoms with Crippen LogP contribution in [-0.2, 0) is 6.54 Å². The average Bonchev–Trinajstić information content (AvgIpc) is 2.87. The van der Waals surface area contributed by atoms with Crippen molar-refractivity contribution in [1.29, 1.82) is 0 Å². The van der Waals surface area contributed by atoms with Gasteiger partial charge in [0.05, 0.1) is 24.1 Å². The number of hydrogen-bond acceptors (Lipinski definition) is 5. The Morgan fingerprint density at radius 1 is 1.40 bits per heavy atom. The highest BCUT2D eigenvalue weighted by atomic mass is 19.3. The van der Waals surface area contributed by atoms with Gasteiger partial charge in [-0.15, -0.1) is 5.10 Å². The molecule has 1 heterocycles. The molecule has 0 aliphatic carbocycles. The molecule has 20 heavy (non-hydrogen) atoms. The van der Waals surface area contributed by atoms with Gasteiger partial charge in [-0.25, -0.2) is 4.39 Å². The van der Waals surface area contributed by atoms with Crippen molar-refractivity contribution in [2.24, 2.45) is 0 Å². The quantitative estimate of drug-likeness (QED) is 0.791. The molecule has 0 aliphatic heterocycles. The van der Waals surface area contributed by atoms with Crippen LogP contribution in [0.15, 0.2) is 24.5 Å². The molecule has 0 radical (unpaired) electrons. The Morgan fingerprint density at radius 3 is 2.85 bits per heavy atom. The average molecular weight is 287 g/mol. The molecule has 6 nitrogen and oxygen atoms in total. The summed E-state index contributed by atoms with van der Waals surface area (Å²) in [5.74, 6) is -1.50. The van der Waals surface area contributed by atoms with Crippen molar-refractivity contribution in [3.8, 4) is 5.75 Å². The largest absolute Gasteiger partial charge is 0.432 e. The number of rotatable bonds is 6. The summed E-state index contributed by atoms with van der Waals surface area (Å²) in [7, 11) is 0. The third kappa shape index (κ3) is 3.53. The summed E-state index contributed by atoms with van der Waals surface area (Å²) in [6.07, 6.45) is 3.20. The second-order valence-electron chi connectivity index (χ2n) is 3.84. The molecule has 3 N–H and O–H groups in total. The van der Waals surface area contributed by atoms with Crippen LogP contribution in [0, 0.1) is 5.82 Å². The molecule has 9 heteroatoms. The molecule has 1 aromatic heterocycles. The Hall–Kier alpha value is -2.45. The van der Waals surface area contributed by atoms with E-state index in [4.69, 9.17) is 5.73 Å². The molecule has 0 aliphatic rings. The topological polar surface area (TPSA) is 78.0 Å². The first kappa shape index (κ1) is 14.0. The Bertz CT molecular complexity index is 561. The normalized spacial score (nSPS) is 10.8. The number of anilines is 2. The Kier molecular flexibility index (Phi) is 4.28. The van der Waals surface area contributed by atoms with Gasteiger partial charge in [0.25, 0.3) is 0 Å². The lowest BCUT2D eigenvalue weighted by molar-refractivity contribution is -0.0521. The van der Waals surface area contributed by atoms with Gasteiger partial charge in [0, 0.05) is 24.9 Å². The SMILES string of the molecule is Nc1cc(F)c(OC(F)F)cc1NCCn1ccnn1. The molecular weight excluding hydrogens is 275 g/mol. The summed E-state index contributed by atoms with van der Waals surface area (Å²) >= 11 is 0. The van der Waals surface area contributed by atoms with Crippen molar-refractivity contribution in [1.82, 2.24) is 15.0 Å². The minimum Gasteiger partial charge on any atom is -0.432 e. The number of nitrogens with zero attached hydrogens (tertiary/aromatic N) is 3. The van der Waals surface area contributed by atoms with E-state index < -0.39 is 18.2 Å². The summed E-state index contributed by atoms with van der Waals surface area (Å²) in [6, 6.07) is 2.02. The highest BCUT2D eigenvalue weighted by Crippen LogP contribution is 2.29. The lowest BCUT2D eigenvalue weighted by Gasteiger charge is -2.12. The van der Waals surface area contributed by atoms with E-state index in [-0.39, 0.29) is 5.69 Å². The minimum atomic E-state index is -3.10. The zero-order valence-corrected chi connectivity index (χ0v) is 10.3. The van der Waals surface area contributed by atoms with Gasteiger partial charge in [0.15, 0.2) is 11.6 Å². The zero-order valence-electron chi connectivity index (χ0n) is 10.3. The molecule has 0 fully saturated rings. The zero-order chi connectivity index (χ0) is 14.5. The first-order chi connectivity index (χ1) is 9.56. The van der Waals surface area contributed by atoms with Crippen LogP contribution in [-0.4, -0.2) is 28.2 Å². The molecule has 0 saturated carbocycles. The molecule has 0 saturated heterocycles. The van der Waals surface area contributed by atoms with E-state index in [1.54, 1.807) is 10.9 Å². The molecule has 0 amide bonds. The van der Waals surface area contributed by atoms with Gasteiger partial charge in [-0.2, -0.15) is 8.78 Å². The molecule has 0 spiro atoms. The van der Waals surface area contributed by atoms with Gasteiger partial charge in [-0.3, -0.25) is 4.68 Å². The standard InChI is InChI=1S/C11H12F3N5O/c12-7-5-8(15)9(6-10(7)20-11(13)14)16-1-3-19-4-2-17-18-19/h2,4-6,11,16H,1,3,15H2. The molecule has 0 bridgehead atoms. The molecule has 0 unspecified atom stereocenters. The van der Waals surface area contributed by atoms with Gasteiger partial charge in [-0.1, -0.05) is 5.21 Å². The number of benzene rings is 1. The van der Waals surface area contributed by atoms with E-state index in [0.29, 0.717) is 18.8 Å². The fourth-order valence-electron chi connectivity index (χ4n) is 1.57. The van der Waals surface area contributed by atoms with E-state index in [1.807, 2.05) is 0 Å². The van der Waals surface area contributed by atoms with Crippen LogP contribution in [0.3, 0.4) is 0 Å². The van der Waals surface area contributed by atoms with Crippen molar-refractivity contribution in [2.75, 3.05) is 17.6 Å². The summed E-state index contributed by atoms with van der Waals surface area (Å²) in [5, 5.41) is 10.3. The van der Waals surface area contributed by atoms with Crippen LogP contribution in [0.25, 0.3) is 0 Å². The third-order valence-electron chi connectivity index (χ3n) is 2.45. The molecule has 1 aromatic carbocycles. The summed E-state index contributed by atoms with van der Waals surface area (Å²) in [6.45, 7) is -2.20. The lowest BCUT2D eigenvalue weighted by Crippen LogP contribution is -2.13. The van der Waals surface area contributed by atoms with Crippen molar-refractivity contribution >= 4 is 11.4 Å². The molecule has 2 rings (SSSR count). The van der Waals surface area contributed by atoms with Gasteiger partial charge in [0.2, 0.25) is 0 Å². The van der Waals surface area contributed by atoms with Crippen LogP contribution < -0.4 is 15.8 Å². The van der Waals surface area contributed by atoms with E-state index in [0.717, 1.165) is 12.1 Å². The van der Waals surface area contributed by atoms with Crippen molar-refractivity contribution < 1.29 is 17.9 Å². The Balaban J connectivity index is 2.02.